The van der Waals surface area contributed by atoms with Crippen molar-refractivity contribution in [1.82, 2.24) is 14.2 Å². The van der Waals surface area contributed by atoms with Crippen molar-refractivity contribution >= 4 is 27.3 Å². The molecule has 2 aromatic heterocycles. The van der Waals surface area contributed by atoms with Gasteiger partial charge in [0, 0.05) is 31.4 Å². The van der Waals surface area contributed by atoms with E-state index in [9.17, 15) is 13.2 Å². The quantitative estimate of drug-likeness (QED) is 0.501. The van der Waals surface area contributed by atoms with Gasteiger partial charge in [0.15, 0.2) is 0 Å². The normalized spacial score (nSPS) is 11.6. The number of hydrogen-bond donors (Lipinski definition) is 0. The molecular weight excluding hydrogens is 418 g/mol. The predicted octanol–water partition coefficient (Wildman–Crippen LogP) is 4.02. The zero-order valence-corrected chi connectivity index (χ0v) is 18.7. The van der Waals surface area contributed by atoms with Crippen molar-refractivity contribution in [2.75, 3.05) is 13.1 Å². The smallest absolute Gasteiger partial charge is 0.254 e. The summed E-state index contributed by atoms with van der Waals surface area (Å²) in [5.74, 6) is -0.168. The summed E-state index contributed by atoms with van der Waals surface area (Å²) >= 11 is 1.58. The molecule has 0 saturated carbocycles. The Kier molecular flexibility index (Phi) is 7.36. The molecule has 0 aliphatic carbocycles. The number of nitrogens with zero attached hydrogens (tertiary/aromatic N) is 3. The predicted molar refractivity (Wildman–Crippen MR) is 119 cm³/mol. The fraction of sp³-hybridized carbons (Fsp3) is 0.273. The van der Waals surface area contributed by atoms with E-state index in [1.165, 1.54) is 16.4 Å². The molecule has 3 rings (SSSR count). The molecule has 3 aromatic rings. The molecule has 0 saturated heterocycles. The Morgan fingerprint density at radius 2 is 1.73 bits per heavy atom. The first-order valence-electron chi connectivity index (χ1n) is 9.76. The van der Waals surface area contributed by atoms with Gasteiger partial charge in [-0.15, -0.1) is 0 Å². The van der Waals surface area contributed by atoms with E-state index in [-0.39, 0.29) is 10.8 Å². The van der Waals surface area contributed by atoms with E-state index in [4.69, 9.17) is 0 Å². The molecule has 158 valence electrons. The lowest BCUT2D eigenvalue weighted by molar-refractivity contribution is 0.0728. The number of benzene rings is 1. The van der Waals surface area contributed by atoms with Crippen molar-refractivity contribution in [3.8, 4) is 0 Å². The molecule has 2 heterocycles. The molecule has 0 spiro atoms. The van der Waals surface area contributed by atoms with E-state index in [2.05, 4.69) is 4.98 Å². The summed E-state index contributed by atoms with van der Waals surface area (Å²) in [6.45, 7) is 5.24. The summed E-state index contributed by atoms with van der Waals surface area (Å²) in [5.41, 5.74) is 2.28. The highest BCUT2D eigenvalue weighted by atomic mass is 32.2. The number of carbonyl (C=O) groups excluding carboxylic acids is 1. The zero-order valence-electron chi connectivity index (χ0n) is 17.1. The van der Waals surface area contributed by atoms with E-state index >= 15 is 0 Å². The molecule has 0 radical (unpaired) electrons. The largest absolute Gasteiger partial charge is 0.328 e. The second kappa shape index (κ2) is 9.97. The lowest BCUT2D eigenvalue weighted by atomic mass is 10.1. The number of aromatic nitrogens is 1. The fourth-order valence-electron chi connectivity index (χ4n) is 3.15. The van der Waals surface area contributed by atoms with E-state index in [1.54, 1.807) is 48.4 Å². The van der Waals surface area contributed by atoms with Gasteiger partial charge in [-0.1, -0.05) is 19.9 Å². The lowest BCUT2D eigenvalue weighted by Crippen LogP contribution is -2.31. The molecular formula is C22H25N3O3S2. The third kappa shape index (κ3) is 5.13. The zero-order chi connectivity index (χ0) is 21.6. The maximum atomic E-state index is 13.2. The van der Waals surface area contributed by atoms with Crippen LogP contribution in [-0.2, 0) is 23.1 Å². The van der Waals surface area contributed by atoms with Crippen LogP contribution in [0.15, 0.2) is 70.4 Å². The van der Waals surface area contributed by atoms with Crippen LogP contribution in [0.1, 0.15) is 35.5 Å². The van der Waals surface area contributed by atoms with Gasteiger partial charge in [-0.3, -0.25) is 9.78 Å². The van der Waals surface area contributed by atoms with Crippen LogP contribution in [0.3, 0.4) is 0 Å². The molecule has 1 amide bonds. The molecule has 0 aliphatic heterocycles. The standard InChI is InChI=1S/C22H25N3O3S2/c1-3-25(4-2)30(27,28)21-10-8-19(9-11-21)22(26)24(15-18-12-14-29-17-18)16-20-7-5-6-13-23-20/h5-14,17H,3-4,15-16H2,1-2H3. The van der Waals surface area contributed by atoms with Crippen LogP contribution < -0.4 is 0 Å². The van der Waals surface area contributed by atoms with Gasteiger partial charge in [-0.05, 0) is 58.8 Å². The van der Waals surface area contributed by atoms with Crippen LogP contribution >= 0.6 is 11.3 Å². The molecule has 0 atom stereocenters. The second-order valence-electron chi connectivity index (χ2n) is 6.73. The van der Waals surface area contributed by atoms with E-state index in [0.717, 1.165) is 11.3 Å². The Labute approximate surface area is 181 Å². The third-order valence-corrected chi connectivity index (χ3v) is 7.56. The number of amides is 1. The average Bonchev–Trinajstić information content (AvgIpc) is 3.27. The number of pyridine rings is 1. The van der Waals surface area contributed by atoms with Gasteiger partial charge in [-0.25, -0.2) is 8.42 Å². The molecule has 0 unspecified atom stereocenters. The third-order valence-electron chi connectivity index (χ3n) is 4.76. The molecule has 30 heavy (non-hydrogen) atoms. The van der Waals surface area contributed by atoms with Crippen molar-refractivity contribution < 1.29 is 13.2 Å². The molecule has 6 nitrogen and oxygen atoms in total. The number of hydrogen-bond acceptors (Lipinski definition) is 5. The van der Waals surface area contributed by atoms with E-state index in [0.29, 0.717) is 31.7 Å². The molecule has 0 aliphatic rings. The Hall–Kier alpha value is -2.55. The topological polar surface area (TPSA) is 70.6 Å². The highest BCUT2D eigenvalue weighted by molar-refractivity contribution is 7.89. The van der Waals surface area contributed by atoms with Gasteiger partial charge < -0.3 is 4.90 Å². The van der Waals surface area contributed by atoms with E-state index < -0.39 is 10.0 Å². The Bertz CT molecular complexity index is 1050. The van der Waals surface area contributed by atoms with Crippen LogP contribution in [0.5, 0.6) is 0 Å². The molecule has 0 N–H and O–H groups in total. The van der Waals surface area contributed by atoms with Crippen LogP contribution in [0.25, 0.3) is 0 Å². The minimum atomic E-state index is -3.55. The van der Waals surface area contributed by atoms with Crippen molar-refractivity contribution in [2.24, 2.45) is 0 Å². The maximum absolute atomic E-state index is 13.2. The summed E-state index contributed by atoms with van der Waals surface area (Å²) in [6, 6.07) is 13.8. The van der Waals surface area contributed by atoms with E-state index in [1.807, 2.05) is 35.0 Å². The summed E-state index contributed by atoms with van der Waals surface area (Å²) in [5, 5.41) is 3.99. The minimum absolute atomic E-state index is 0.168. The van der Waals surface area contributed by atoms with Gasteiger partial charge in [-0.2, -0.15) is 15.6 Å². The van der Waals surface area contributed by atoms with Gasteiger partial charge in [0.25, 0.3) is 5.91 Å². The first kappa shape index (κ1) is 22.1. The van der Waals surface area contributed by atoms with Crippen molar-refractivity contribution in [1.29, 1.82) is 0 Å². The Balaban J connectivity index is 1.85. The first-order valence-corrected chi connectivity index (χ1v) is 12.1. The molecule has 1 aromatic carbocycles. The molecule has 0 fully saturated rings. The van der Waals surface area contributed by atoms with Crippen LogP contribution in [0.2, 0.25) is 0 Å². The summed E-state index contributed by atoms with van der Waals surface area (Å²) in [4.78, 5) is 19.5. The van der Waals surface area contributed by atoms with Gasteiger partial charge in [0.05, 0.1) is 17.1 Å². The van der Waals surface area contributed by atoms with Crippen LogP contribution in [0, 0.1) is 0 Å². The lowest BCUT2D eigenvalue weighted by Gasteiger charge is -2.23. The summed E-state index contributed by atoms with van der Waals surface area (Å²) < 4.78 is 26.8. The van der Waals surface area contributed by atoms with Crippen molar-refractivity contribution in [2.45, 2.75) is 31.8 Å². The van der Waals surface area contributed by atoms with Crippen LogP contribution in [0.4, 0.5) is 0 Å². The minimum Gasteiger partial charge on any atom is -0.328 e. The molecule has 8 heteroatoms. The summed E-state index contributed by atoms with van der Waals surface area (Å²) in [6.07, 6.45) is 1.70. The number of carbonyl (C=O) groups is 1. The maximum Gasteiger partial charge on any atom is 0.254 e. The molecule has 0 bridgehead atoms. The highest BCUT2D eigenvalue weighted by Crippen LogP contribution is 2.19. The van der Waals surface area contributed by atoms with Gasteiger partial charge in [0.1, 0.15) is 0 Å². The van der Waals surface area contributed by atoms with Gasteiger partial charge >= 0.3 is 0 Å². The monoisotopic (exact) mass is 443 g/mol. The number of thiophene rings is 1. The second-order valence-corrected chi connectivity index (χ2v) is 9.45. The summed E-state index contributed by atoms with van der Waals surface area (Å²) in [7, 11) is -3.55. The SMILES string of the molecule is CCN(CC)S(=O)(=O)c1ccc(C(=O)N(Cc2ccsc2)Cc2ccccn2)cc1. The number of rotatable bonds is 9. The van der Waals surface area contributed by atoms with Crippen LogP contribution in [-0.4, -0.2) is 41.6 Å². The van der Waals surface area contributed by atoms with Gasteiger partial charge in [0.2, 0.25) is 10.0 Å². The Morgan fingerprint density at radius 3 is 2.30 bits per heavy atom. The Morgan fingerprint density at radius 1 is 1.00 bits per heavy atom. The highest BCUT2D eigenvalue weighted by Gasteiger charge is 2.23. The fourth-order valence-corrected chi connectivity index (χ4v) is 5.27. The average molecular weight is 444 g/mol. The first-order chi connectivity index (χ1) is 14.5. The number of sulfonamides is 1. The van der Waals surface area contributed by atoms with Crippen molar-refractivity contribution in [3.05, 3.63) is 82.3 Å². The van der Waals surface area contributed by atoms with Crippen molar-refractivity contribution in [3.63, 3.8) is 0 Å².